The Morgan fingerprint density at radius 3 is 2.59 bits per heavy atom. The predicted octanol–water partition coefficient (Wildman–Crippen LogP) is 3.65. The molecule has 144 valence electrons. The summed E-state index contributed by atoms with van der Waals surface area (Å²) in [7, 11) is 2.29. The monoisotopic (exact) mass is 366 g/mol. The SMILES string of the molecule is CN1C[C@@H](c2ccccc2)CC2(CCN(Cc3nnc(C4CC4)o3)CC2)C1. The van der Waals surface area contributed by atoms with Crippen molar-refractivity contribution >= 4 is 0 Å². The zero-order valence-corrected chi connectivity index (χ0v) is 16.3. The summed E-state index contributed by atoms with van der Waals surface area (Å²) in [6, 6.07) is 11.1. The van der Waals surface area contributed by atoms with E-state index >= 15 is 0 Å². The van der Waals surface area contributed by atoms with Crippen LogP contribution in [0.5, 0.6) is 0 Å². The number of likely N-dealkylation sites (tertiary alicyclic amines) is 2. The Bertz CT molecular complexity index is 762. The van der Waals surface area contributed by atoms with Crippen LogP contribution >= 0.6 is 0 Å². The first kappa shape index (κ1) is 17.4. The Hall–Kier alpha value is -1.72. The number of rotatable bonds is 4. The molecule has 3 fully saturated rings. The highest BCUT2D eigenvalue weighted by molar-refractivity contribution is 5.21. The van der Waals surface area contributed by atoms with Gasteiger partial charge in [-0.05, 0) is 69.1 Å². The van der Waals surface area contributed by atoms with E-state index in [-0.39, 0.29) is 0 Å². The van der Waals surface area contributed by atoms with Crippen molar-refractivity contribution in [3.8, 4) is 0 Å². The zero-order valence-electron chi connectivity index (χ0n) is 16.3. The van der Waals surface area contributed by atoms with Crippen LogP contribution in [0.25, 0.3) is 0 Å². The predicted molar refractivity (Wildman–Crippen MR) is 105 cm³/mol. The molecule has 2 aliphatic heterocycles. The van der Waals surface area contributed by atoms with Gasteiger partial charge in [-0.3, -0.25) is 4.90 Å². The van der Waals surface area contributed by atoms with Crippen LogP contribution in [0.2, 0.25) is 0 Å². The van der Waals surface area contributed by atoms with E-state index in [9.17, 15) is 0 Å². The molecule has 2 saturated heterocycles. The van der Waals surface area contributed by atoms with Gasteiger partial charge in [-0.2, -0.15) is 0 Å². The lowest BCUT2D eigenvalue weighted by molar-refractivity contribution is 0.0195. The Morgan fingerprint density at radius 2 is 1.85 bits per heavy atom. The molecular formula is C22H30N4O. The van der Waals surface area contributed by atoms with Gasteiger partial charge < -0.3 is 9.32 Å². The second-order valence-electron chi connectivity index (χ2n) is 9.09. The van der Waals surface area contributed by atoms with Crippen molar-refractivity contribution in [2.45, 2.75) is 50.5 Å². The van der Waals surface area contributed by atoms with Gasteiger partial charge in [-0.15, -0.1) is 10.2 Å². The van der Waals surface area contributed by atoms with E-state index < -0.39 is 0 Å². The fraction of sp³-hybridized carbons (Fsp3) is 0.636. The highest BCUT2D eigenvalue weighted by Gasteiger charge is 2.41. The average molecular weight is 367 g/mol. The number of likely N-dealkylation sites (N-methyl/N-ethyl adjacent to an activating group) is 1. The maximum absolute atomic E-state index is 5.87. The molecule has 0 amide bonds. The lowest BCUT2D eigenvalue weighted by Crippen LogP contribution is -2.50. The van der Waals surface area contributed by atoms with Gasteiger partial charge in [-0.25, -0.2) is 0 Å². The summed E-state index contributed by atoms with van der Waals surface area (Å²) < 4.78 is 5.87. The zero-order chi connectivity index (χ0) is 18.3. The van der Waals surface area contributed by atoms with Crippen molar-refractivity contribution in [1.29, 1.82) is 0 Å². The molecule has 0 unspecified atom stereocenters. The van der Waals surface area contributed by atoms with E-state index in [0.717, 1.165) is 31.4 Å². The number of aromatic nitrogens is 2. The standard InChI is InChI=1S/C22H30N4O/c1-25-14-19(17-5-3-2-4-6-17)13-22(16-25)9-11-26(12-10-22)15-20-23-24-21(27-20)18-7-8-18/h2-6,18-19H,7-16H2,1H3/t19-/m0/s1. The van der Waals surface area contributed by atoms with E-state index in [1.54, 1.807) is 0 Å². The van der Waals surface area contributed by atoms with Gasteiger partial charge in [-0.1, -0.05) is 30.3 Å². The smallest absolute Gasteiger partial charge is 0.230 e. The number of benzene rings is 1. The van der Waals surface area contributed by atoms with Gasteiger partial charge in [0.25, 0.3) is 0 Å². The normalized spacial score (nSPS) is 26.5. The van der Waals surface area contributed by atoms with Crippen LogP contribution in [0.1, 0.15) is 61.3 Å². The Balaban J connectivity index is 1.21. The average Bonchev–Trinajstić information content (AvgIpc) is 3.43. The third-order valence-corrected chi connectivity index (χ3v) is 6.77. The molecule has 1 aromatic carbocycles. The van der Waals surface area contributed by atoms with Crippen LogP contribution in [-0.2, 0) is 6.54 Å². The summed E-state index contributed by atoms with van der Waals surface area (Å²) in [5.74, 6) is 2.87. The molecule has 5 rings (SSSR count). The van der Waals surface area contributed by atoms with Crippen LogP contribution in [0.4, 0.5) is 0 Å². The number of hydrogen-bond acceptors (Lipinski definition) is 5. The minimum absolute atomic E-state index is 0.456. The van der Waals surface area contributed by atoms with Crippen molar-refractivity contribution in [2.24, 2.45) is 5.41 Å². The Kier molecular flexibility index (Phi) is 4.52. The fourth-order valence-corrected chi connectivity index (χ4v) is 5.18. The molecule has 3 aliphatic rings. The van der Waals surface area contributed by atoms with Gasteiger partial charge in [0.15, 0.2) is 0 Å². The molecular weight excluding hydrogens is 336 g/mol. The lowest BCUT2D eigenvalue weighted by atomic mass is 9.68. The molecule has 1 atom stereocenters. The second kappa shape index (κ2) is 7.02. The first-order valence-electron chi connectivity index (χ1n) is 10.5. The van der Waals surface area contributed by atoms with Gasteiger partial charge in [0.1, 0.15) is 0 Å². The maximum atomic E-state index is 5.87. The van der Waals surface area contributed by atoms with Gasteiger partial charge in [0, 0.05) is 19.0 Å². The summed E-state index contributed by atoms with van der Waals surface area (Å²) >= 11 is 0. The summed E-state index contributed by atoms with van der Waals surface area (Å²) in [6.45, 7) is 5.50. The first-order valence-corrected chi connectivity index (χ1v) is 10.5. The molecule has 1 aromatic heterocycles. The lowest BCUT2D eigenvalue weighted by Gasteiger charge is -2.49. The molecule has 1 saturated carbocycles. The highest BCUT2D eigenvalue weighted by atomic mass is 16.4. The van der Waals surface area contributed by atoms with E-state index in [4.69, 9.17) is 4.42 Å². The van der Waals surface area contributed by atoms with E-state index in [0.29, 0.717) is 17.3 Å². The minimum Gasteiger partial charge on any atom is -0.424 e. The van der Waals surface area contributed by atoms with Gasteiger partial charge >= 0.3 is 0 Å². The molecule has 3 heterocycles. The minimum atomic E-state index is 0.456. The first-order chi connectivity index (χ1) is 13.2. The number of piperidine rings is 2. The topological polar surface area (TPSA) is 45.4 Å². The molecule has 0 radical (unpaired) electrons. The van der Waals surface area contributed by atoms with Crippen molar-refractivity contribution in [2.75, 3.05) is 33.2 Å². The quantitative estimate of drug-likeness (QED) is 0.826. The fourth-order valence-electron chi connectivity index (χ4n) is 5.18. The maximum Gasteiger partial charge on any atom is 0.230 e. The number of hydrogen-bond donors (Lipinski definition) is 0. The van der Waals surface area contributed by atoms with Gasteiger partial charge in [0.05, 0.1) is 6.54 Å². The van der Waals surface area contributed by atoms with Crippen molar-refractivity contribution in [3.05, 3.63) is 47.7 Å². The molecule has 0 bridgehead atoms. The molecule has 1 spiro atoms. The van der Waals surface area contributed by atoms with Crippen LogP contribution in [-0.4, -0.2) is 53.2 Å². The summed E-state index contributed by atoms with van der Waals surface area (Å²) in [4.78, 5) is 5.05. The number of nitrogens with zero attached hydrogens (tertiary/aromatic N) is 4. The molecule has 2 aromatic rings. The van der Waals surface area contributed by atoms with Crippen LogP contribution in [0, 0.1) is 5.41 Å². The third-order valence-electron chi connectivity index (χ3n) is 6.77. The van der Waals surface area contributed by atoms with Crippen molar-refractivity contribution in [1.82, 2.24) is 20.0 Å². The van der Waals surface area contributed by atoms with Crippen molar-refractivity contribution < 1.29 is 4.42 Å². The van der Waals surface area contributed by atoms with Crippen LogP contribution in [0.3, 0.4) is 0 Å². The van der Waals surface area contributed by atoms with E-state index in [2.05, 4.69) is 57.4 Å². The molecule has 1 aliphatic carbocycles. The molecule has 5 nitrogen and oxygen atoms in total. The second-order valence-corrected chi connectivity index (χ2v) is 9.09. The van der Waals surface area contributed by atoms with E-state index in [1.165, 1.54) is 50.8 Å². The molecule has 5 heteroatoms. The Labute approximate surface area is 161 Å². The highest BCUT2D eigenvalue weighted by Crippen LogP contribution is 2.45. The van der Waals surface area contributed by atoms with Crippen LogP contribution in [0.15, 0.2) is 34.7 Å². The van der Waals surface area contributed by atoms with Gasteiger partial charge in [0.2, 0.25) is 11.8 Å². The summed E-state index contributed by atoms with van der Waals surface area (Å²) in [5, 5.41) is 8.50. The van der Waals surface area contributed by atoms with E-state index in [1.807, 2.05) is 0 Å². The molecule has 0 N–H and O–H groups in total. The Morgan fingerprint density at radius 1 is 1.07 bits per heavy atom. The largest absolute Gasteiger partial charge is 0.424 e. The summed E-state index contributed by atoms with van der Waals surface area (Å²) in [6.07, 6.45) is 6.28. The van der Waals surface area contributed by atoms with Crippen molar-refractivity contribution in [3.63, 3.8) is 0 Å². The summed E-state index contributed by atoms with van der Waals surface area (Å²) in [5.41, 5.74) is 1.96. The van der Waals surface area contributed by atoms with Crippen LogP contribution < -0.4 is 0 Å². The molecule has 27 heavy (non-hydrogen) atoms. The third kappa shape index (κ3) is 3.81.